The number of nitrogens with zero attached hydrogens (tertiary/aromatic N) is 4. The highest BCUT2D eigenvalue weighted by molar-refractivity contribution is 7.98. The Morgan fingerprint density at radius 3 is 2.40 bits per heavy atom. The van der Waals surface area contributed by atoms with Crippen molar-refractivity contribution in [3.8, 4) is 0 Å². The molecule has 130 valence electrons. The summed E-state index contributed by atoms with van der Waals surface area (Å²) in [6, 6.07) is 6.18. The molecule has 0 aliphatic heterocycles. The van der Waals surface area contributed by atoms with Crippen LogP contribution >= 0.6 is 11.8 Å². The maximum Gasteiger partial charge on any atom is 0.332 e. The van der Waals surface area contributed by atoms with Crippen LogP contribution in [0.5, 0.6) is 0 Å². The molecule has 0 aliphatic carbocycles. The lowest BCUT2D eigenvalue weighted by atomic mass is 10.2. The van der Waals surface area contributed by atoms with Crippen LogP contribution in [0.25, 0.3) is 11.0 Å². The van der Waals surface area contributed by atoms with Crippen LogP contribution in [0.3, 0.4) is 0 Å². The molecule has 0 amide bonds. The number of rotatable bonds is 4. The Kier molecular flexibility index (Phi) is 4.71. The van der Waals surface area contributed by atoms with Crippen molar-refractivity contribution in [1.82, 2.24) is 19.1 Å². The van der Waals surface area contributed by atoms with Crippen LogP contribution in [-0.4, -0.2) is 19.1 Å². The zero-order valence-corrected chi connectivity index (χ0v) is 14.9. The lowest BCUT2D eigenvalue weighted by Crippen LogP contribution is -2.37. The molecular formula is C17H17FN4O2S. The van der Waals surface area contributed by atoms with Crippen molar-refractivity contribution >= 4 is 22.8 Å². The minimum Gasteiger partial charge on any atom is -0.280 e. The average molecular weight is 360 g/mol. The van der Waals surface area contributed by atoms with Gasteiger partial charge in [-0.3, -0.25) is 13.9 Å². The Morgan fingerprint density at radius 2 is 1.76 bits per heavy atom. The number of halogens is 1. The maximum atomic E-state index is 13.0. The normalized spacial score (nSPS) is 11.2. The lowest BCUT2D eigenvalue weighted by Gasteiger charge is -2.11. The van der Waals surface area contributed by atoms with E-state index in [1.54, 1.807) is 19.2 Å². The van der Waals surface area contributed by atoms with Gasteiger partial charge in [-0.25, -0.2) is 19.2 Å². The number of aryl methyl sites for hydroxylation is 2. The van der Waals surface area contributed by atoms with Gasteiger partial charge in [0.05, 0.1) is 0 Å². The van der Waals surface area contributed by atoms with Crippen molar-refractivity contribution in [2.24, 2.45) is 14.1 Å². The summed E-state index contributed by atoms with van der Waals surface area (Å²) in [6.07, 6.45) is 0.587. The summed E-state index contributed by atoms with van der Waals surface area (Å²) in [5.74, 6) is 0.803. The van der Waals surface area contributed by atoms with E-state index < -0.39 is 11.2 Å². The van der Waals surface area contributed by atoms with E-state index in [0.29, 0.717) is 34.1 Å². The maximum absolute atomic E-state index is 13.0. The van der Waals surface area contributed by atoms with Crippen molar-refractivity contribution in [3.05, 3.63) is 62.3 Å². The highest BCUT2D eigenvalue weighted by Gasteiger charge is 2.17. The summed E-state index contributed by atoms with van der Waals surface area (Å²) in [4.78, 5) is 33.6. The topological polar surface area (TPSA) is 69.8 Å². The predicted octanol–water partition coefficient (Wildman–Crippen LogP) is 2.02. The highest BCUT2D eigenvalue weighted by Crippen LogP contribution is 2.26. The molecule has 0 atom stereocenters. The number of hydrogen-bond acceptors (Lipinski definition) is 5. The minimum absolute atomic E-state index is 0.293. The fourth-order valence-corrected chi connectivity index (χ4v) is 3.46. The van der Waals surface area contributed by atoms with Crippen LogP contribution in [0.4, 0.5) is 4.39 Å². The molecular weight excluding hydrogens is 343 g/mol. The molecule has 0 spiro atoms. The molecule has 0 radical (unpaired) electrons. The zero-order valence-electron chi connectivity index (χ0n) is 14.1. The summed E-state index contributed by atoms with van der Waals surface area (Å²) in [5.41, 5.74) is 0.412. The predicted molar refractivity (Wildman–Crippen MR) is 95.4 cm³/mol. The molecule has 0 bridgehead atoms. The number of hydrogen-bond donors (Lipinski definition) is 0. The van der Waals surface area contributed by atoms with Crippen LogP contribution in [-0.2, 0) is 26.3 Å². The molecule has 8 heteroatoms. The smallest absolute Gasteiger partial charge is 0.280 e. The molecule has 0 unspecified atom stereocenters. The van der Waals surface area contributed by atoms with Gasteiger partial charge in [0, 0.05) is 26.3 Å². The summed E-state index contributed by atoms with van der Waals surface area (Å²) < 4.78 is 15.4. The molecule has 1 aromatic carbocycles. The average Bonchev–Trinajstić information content (AvgIpc) is 2.63. The van der Waals surface area contributed by atoms with Crippen LogP contribution in [0.1, 0.15) is 18.3 Å². The van der Waals surface area contributed by atoms with Gasteiger partial charge in [0.1, 0.15) is 22.1 Å². The summed E-state index contributed by atoms with van der Waals surface area (Å²) >= 11 is 1.37. The number of benzene rings is 1. The first-order chi connectivity index (χ1) is 11.9. The molecule has 6 nitrogen and oxygen atoms in total. The van der Waals surface area contributed by atoms with Gasteiger partial charge in [0.25, 0.3) is 5.56 Å². The summed E-state index contributed by atoms with van der Waals surface area (Å²) in [7, 11) is 3.03. The molecule has 3 rings (SSSR count). The number of thioether (sulfide) groups is 1. The third-order valence-corrected chi connectivity index (χ3v) is 4.96. The summed E-state index contributed by atoms with van der Waals surface area (Å²) in [5, 5.41) is 0.858. The zero-order chi connectivity index (χ0) is 18.1. The van der Waals surface area contributed by atoms with E-state index in [9.17, 15) is 14.0 Å². The third kappa shape index (κ3) is 3.21. The van der Waals surface area contributed by atoms with Gasteiger partial charge in [0.15, 0.2) is 5.65 Å². The van der Waals surface area contributed by atoms with Gasteiger partial charge in [-0.2, -0.15) is 0 Å². The Hall–Kier alpha value is -2.48. The largest absolute Gasteiger partial charge is 0.332 e. The quantitative estimate of drug-likeness (QED) is 0.526. The van der Waals surface area contributed by atoms with Crippen LogP contribution < -0.4 is 11.2 Å². The Morgan fingerprint density at radius 1 is 1.08 bits per heavy atom. The van der Waals surface area contributed by atoms with E-state index in [0.717, 1.165) is 10.1 Å². The second kappa shape index (κ2) is 6.79. The second-order valence-electron chi connectivity index (χ2n) is 5.62. The van der Waals surface area contributed by atoms with E-state index >= 15 is 0 Å². The monoisotopic (exact) mass is 360 g/mol. The van der Waals surface area contributed by atoms with E-state index in [4.69, 9.17) is 0 Å². The van der Waals surface area contributed by atoms with Crippen LogP contribution in [0.15, 0.2) is 38.9 Å². The SMILES string of the molecule is CCc1nc(SCc2ccc(F)cc2)c2c(=O)n(C)c(=O)n(C)c2n1. The molecule has 3 aromatic rings. The van der Waals surface area contributed by atoms with Gasteiger partial charge in [-0.1, -0.05) is 19.1 Å². The fraction of sp³-hybridized carbons (Fsp3) is 0.294. The van der Waals surface area contributed by atoms with Crippen molar-refractivity contribution in [1.29, 1.82) is 0 Å². The first kappa shape index (κ1) is 17.3. The van der Waals surface area contributed by atoms with E-state index in [1.807, 2.05) is 6.92 Å². The van der Waals surface area contributed by atoms with Crippen LogP contribution in [0.2, 0.25) is 0 Å². The molecule has 0 N–H and O–H groups in total. The highest BCUT2D eigenvalue weighted by atomic mass is 32.2. The first-order valence-corrected chi connectivity index (χ1v) is 8.74. The molecule has 0 saturated heterocycles. The molecule has 25 heavy (non-hydrogen) atoms. The van der Waals surface area contributed by atoms with Gasteiger partial charge in [-0.15, -0.1) is 11.8 Å². The Bertz CT molecular complexity index is 1060. The standard InChI is InChI=1S/C17H17FN4O2S/c1-4-12-19-14-13(16(23)22(3)17(24)21(14)2)15(20-12)25-9-10-5-7-11(18)8-6-10/h5-8H,4,9H2,1-3H3. The van der Waals surface area contributed by atoms with Gasteiger partial charge in [-0.05, 0) is 17.7 Å². The lowest BCUT2D eigenvalue weighted by molar-refractivity contribution is 0.627. The molecule has 0 fully saturated rings. The summed E-state index contributed by atoms with van der Waals surface area (Å²) in [6.45, 7) is 1.91. The molecule has 2 heterocycles. The number of fused-ring (bicyclic) bond motifs is 1. The van der Waals surface area contributed by atoms with Crippen LogP contribution in [0, 0.1) is 5.82 Å². The Labute approximate surface area is 147 Å². The van der Waals surface area contributed by atoms with Gasteiger partial charge >= 0.3 is 5.69 Å². The van der Waals surface area contributed by atoms with Gasteiger partial charge in [0.2, 0.25) is 0 Å². The van der Waals surface area contributed by atoms with E-state index in [1.165, 1.54) is 35.5 Å². The van der Waals surface area contributed by atoms with Gasteiger partial charge < -0.3 is 0 Å². The van der Waals surface area contributed by atoms with Crippen molar-refractivity contribution in [3.63, 3.8) is 0 Å². The fourth-order valence-electron chi connectivity index (χ4n) is 2.47. The van der Waals surface area contributed by atoms with E-state index in [-0.39, 0.29) is 5.82 Å². The Balaban J connectivity index is 2.14. The number of aromatic nitrogens is 4. The second-order valence-corrected chi connectivity index (χ2v) is 6.58. The first-order valence-electron chi connectivity index (χ1n) is 7.76. The van der Waals surface area contributed by atoms with Crippen molar-refractivity contribution in [2.45, 2.75) is 24.1 Å². The third-order valence-electron chi connectivity index (χ3n) is 3.92. The van der Waals surface area contributed by atoms with Crippen molar-refractivity contribution in [2.75, 3.05) is 0 Å². The molecule has 0 aliphatic rings. The van der Waals surface area contributed by atoms with E-state index in [2.05, 4.69) is 9.97 Å². The molecule has 0 saturated carbocycles. The molecule has 2 aromatic heterocycles. The minimum atomic E-state index is -0.423. The van der Waals surface area contributed by atoms with Crippen molar-refractivity contribution < 1.29 is 4.39 Å².